The van der Waals surface area contributed by atoms with E-state index in [1.54, 1.807) is 0 Å². The fourth-order valence-electron chi connectivity index (χ4n) is 2.35. The maximum Gasteiger partial charge on any atom is 0.0114 e. The smallest absolute Gasteiger partial charge is 0.0114 e. The monoisotopic (exact) mass is 201 g/mol. The molecule has 1 aliphatic rings. The number of hydrogen-bond acceptors (Lipinski definition) is 1. The van der Waals surface area contributed by atoms with Crippen LogP contribution < -0.4 is 5.73 Å². The summed E-state index contributed by atoms with van der Waals surface area (Å²) in [5, 5.41) is 0. The highest BCUT2D eigenvalue weighted by Gasteiger charge is 2.18. The van der Waals surface area contributed by atoms with Crippen LogP contribution in [0.4, 0.5) is 0 Å². The average Bonchev–Trinajstić information content (AvgIpc) is 2.07. The van der Waals surface area contributed by atoms with Crippen molar-refractivity contribution in [3.8, 4) is 0 Å². The van der Waals surface area contributed by atoms with Gasteiger partial charge in [-0.3, -0.25) is 0 Å². The van der Waals surface area contributed by atoms with Gasteiger partial charge in [0.1, 0.15) is 0 Å². The molecule has 0 aromatic heterocycles. The van der Waals surface area contributed by atoms with Crippen LogP contribution in [0.25, 0.3) is 6.08 Å². The molecular weight excluding hydrogens is 182 g/mol. The summed E-state index contributed by atoms with van der Waals surface area (Å²) in [6.45, 7) is 6.52. The molecule has 0 aliphatic heterocycles. The lowest BCUT2D eigenvalue weighted by molar-refractivity contribution is 0.547. The normalized spacial score (nSPS) is 20.0. The van der Waals surface area contributed by atoms with Gasteiger partial charge in [-0.15, -0.1) is 0 Å². The maximum absolute atomic E-state index is 5.78. The van der Waals surface area contributed by atoms with Gasteiger partial charge in [-0.2, -0.15) is 0 Å². The molecule has 1 aromatic rings. The maximum atomic E-state index is 5.78. The van der Waals surface area contributed by atoms with E-state index in [2.05, 4.69) is 39.0 Å². The minimum Gasteiger partial charge on any atom is -0.327 e. The van der Waals surface area contributed by atoms with Crippen LogP contribution in [0.1, 0.15) is 35.1 Å². The highest BCUT2D eigenvalue weighted by atomic mass is 14.7. The minimum atomic E-state index is 0.405. The summed E-state index contributed by atoms with van der Waals surface area (Å²) >= 11 is 0. The van der Waals surface area contributed by atoms with Gasteiger partial charge in [-0.25, -0.2) is 0 Å². The van der Waals surface area contributed by atoms with Crippen LogP contribution in [0.5, 0.6) is 0 Å². The van der Waals surface area contributed by atoms with Crippen LogP contribution in [0.2, 0.25) is 0 Å². The van der Waals surface area contributed by atoms with Gasteiger partial charge in [0.05, 0.1) is 0 Å². The van der Waals surface area contributed by atoms with E-state index in [-0.39, 0.29) is 0 Å². The number of nitrogens with two attached hydrogens (primary N) is 1. The molecule has 0 amide bonds. The van der Waals surface area contributed by atoms with Crippen molar-refractivity contribution in [3.63, 3.8) is 0 Å². The highest BCUT2D eigenvalue weighted by Crippen LogP contribution is 2.29. The first-order valence-electron chi connectivity index (χ1n) is 5.59. The lowest BCUT2D eigenvalue weighted by Crippen LogP contribution is -2.30. The third kappa shape index (κ3) is 2.13. The third-order valence-electron chi connectivity index (χ3n) is 3.14. The zero-order valence-corrected chi connectivity index (χ0v) is 9.80. The molecule has 0 unspecified atom stereocenters. The van der Waals surface area contributed by atoms with Crippen molar-refractivity contribution in [1.82, 2.24) is 0 Å². The molecule has 1 heteroatoms. The van der Waals surface area contributed by atoms with E-state index >= 15 is 0 Å². The highest BCUT2D eigenvalue weighted by molar-refractivity contribution is 5.62. The minimum absolute atomic E-state index is 0.405. The molecule has 1 aromatic carbocycles. The SMILES string of the molecule is Cc1cc(C)c(C=C2CC(N)C2)c(C)c1. The predicted octanol–water partition coefficient (Wildman–Crippen LogP) is 3.12. The average molecular weight is 201 g/mol. The Kier molecular flexibility index (Phi) is 2.66. The Hall–Kier alpha value is -1.08. The van der Waals surface area contributed by atoms with E-state index in [0.29, 0.717) is 6.04 Å². The van der Waals surface area contributed by atoms with Crippen LogP contribution in [-0.4, -0.2) is 6.04 Å². The molecule has 2 N–H and O–H groups in total. The number of benzene rings is 1. The largest absolute Gasteiger partial charge is 0.327 e. The third-order valence-corrected chi connectivity index (χ3v) is 3.14. The lowest BCUT2D eigenvalue weighted by atomic mass is 9.84. The van der Waals surface area contributed by atoms with Gasteiger partial charge in [0.2, 0.25) is 0 Å². The van der Waals surface area contributed by atoms with Crippen LogP contribution in [0.15, 0.2) is 17.7 Å². The molecule has 0 spiro atoms. The Balaban J connectivity index is 2.33. The summed E-state index contributed by atoms with van der Waals surface area (Å²) < 4.78 is 0. The lowest BCUT2D eigenvalue weighted by Gasteiger charge is -2.25. The van der Waals surface area contributed by atoms with Gasteiger partial charge < -0.3 is 5.73 Å². The fraction of sp³-hybridized carbons (Fsp3) is 0.429. The van der Waals surface area contributed by atoms with Gasteiger partial charge in [0.25, 0.3) is 0 Å². The Morgan fingerprint density at radius 2 is 1.67 bits per heavy atom. The molecule has 1 nitrogen and oxygen atoms in total. The zero-order valence-electron chi connectivity index (χ0n) is 9.80. The topological polar surface area (TPSA) is 26.0 Å². The van der Waals surface area contributed by atoms with Crippen molar-refractivity contribution in [3.05, 3.63) is 40.0 Å². The van der Waals surface area contributed by atoms with E-state index in [4.69, 9.17) is 5.73 Å². The van der Waals surface area contributed by atoms with Crippen molar-refractivity contribution < 1.29 is 0 Å². The molecule has 80 valence electrons. The van der Waals surface area contributed by atoms with Gasteiger partial charge in [0, 0.05) is 6.04 Å². The summed E-state index contributed by atoms with van der Waals surface area (Å²) in [4.78, 5) is 0. The molecule has 0 radical (unpaired) electrons. The van der Waals surface area contributed by atoms with Gasteiger partial charge in [-0.05, 0) is 50.3 Å². The van der Waals surface area contributed by atoms with E-state index in [1.165, 1.54) is 27.8 Å². The van der Waals surface area contributed by atoms with E-state index in [1.807, 2.05) is 0 Å². The summed E-state index contributed by atoms with van der Waals surface area (Å²) in [5.74, 6) is 0. The Morgan fingerprint density at radius 3 is 2.13 bits per heavy atom. The first-order chi connectivity index (χ1) is 7.06. The molecule has 2 rings (SSSR count). The predicted molar refractivity (Wildman–Crippen MR) is 65.8 cm³/mol. The summed E-state index contributed by atoms with van der Waals surface area (Å²) in [6, 6.07) is 4.90. The van der Waals surface area contributed by atoms with Crippen LogP contribution >= 0.6 is 0 Å². The van der Waals surface area contributed by atoms with Crippen molar-refractivity contribution in [2.45, 2.75) is 39.7 Å². The standard InChI is InChI=1S/C14H19N/c1-9-4-10(2)14(11(3)5-9)8-12-6-13(15)7-12/h4-5,8,13H,6-7,15H2,1-3H3. The fourth-order valence-corrected chi connectivity index (χ4v) is 2.35. The summed E-state index contributed by atoms with van der Waals surface area (Å²) in [5.41, 5.74) is 12.8. The van der Waals surface area contributed by atoms with E-state index in [9.17, 15) is 0 Å². The Bertz CT molecular complexity index is 384. The quantitative estimate of drug-likeness (QED) is 0.742. The van der Waals surface area contributed by atoms with Crippen molar-refractivity contribution in [2.24, 2.45) is 5.73 Å². The number of rotatable bonds is 1. The van der Waals surface area contributed by atoms with Crippen molar-refractivity contribution in [1.29, 1.82) is 0 Å². The molecule has 15 heavy (non-hydrogen) atoms. The number of aryl methyl sites for hydroxylation is 3. The molecule has 1 aliphatic carbocycles. The first kappa shape index (κ1) is 10.4. The second kappa shape index (κ2) is 3.82. The van der Waals surface area contributed by atoms with E-state index < -0.39 is 0 Å². The Morgan fingerprint density at radius 1 is 1.13 bits per heavy atom. The molecule has 0 atom stereocenters. The van der Waals surface area contributed by atoms with Crippen LogP contribution in [0.3, 0.4) is 0 Å². The molecule has 0 heterocycles. The molecule has 1 fully saturated rings. The van der Waals surface area contributed by atoms with Gasteiger partial charge in [-0.1, -0.05) is 29.3 Å². The first-order valence-corrected chi connectivity index (χ1v) is 5.59. The molecule has 1 saturated carbocycles. The van der Waals surface area contributed by atoms with Gasteiger partial charge in [0.15, 0.2) is 0 Å². The number of hydrogen-bond donors (Lipinski definition) is 1. The van der Waals surface area contributed by atoms with E-state index in [0.717, 1.165) is 12.8 Å². The molecular formula is C14H19N. The zero-order chi connectivity index (χ0) is 11.0. The second-order valence-electron chi connectivity index (χ2n) is 4.78. The molecule has 0 saturated heterocycles. The van der Waals surface area contributed by atoms with Crippen molar-refractivity contribution in [2.75, 3.05) is 0 Å². The Labute approximate surface area is 92.0 Å². The van der Waals surface area contributed by atoms with Crippen molar-refractivity contribution >= 4 is 6.08 Å². The molecule has 0 bridgehead atoms. The summed E-state index contributed by atoms with van der Waals surface area (Å²) in [6.07, 6.45) is 4.48. The second-order valence-corrected chi connectivity index (χ2v) is 4.78. The summed E-state index contributed by atoms with van der Waals surface area (Å²) in [7, 11) is 0. The van der Waals surface area contributed by atoms with Crippen LogP contribution in [0, 0.1) is 20.8 Å². The van der Waals surface area contributed by atoms with Gasteiger partial charge >= 0.3 is 0 Å². The van der Waals surface area contributed by atoms with Crippen LogP contribution in [-0.2, 0) is 0 Å².